The molecule has 0 aromatic heterocycles. The third-order valence-corrected chi connectivity index (χ3v) is 4.87. The van der Waals surface area contributed by atoms with Crippen molar-refractivity contribution in [2.75, 3.05) is 19.8 Å². The minimum atomic E-state index is -0.624. The van der Waals surface area contributed by atoms with E-state index in [0.29, 0.717) is 19.0 Å². The number of benzene rings is 1. The second kappa shape index (κ2) is 9.68. The largest absolute Gasteiger partial charge is 0.388 e. The molecule has 3 N–H and O–H groups in total. The Balaban J connectivity index is 0.00000264. The van der Waals surface area contributed by atoms with Crippen molar-refractivity contribution in [1.29, 1.82) is 0 Å². The lowest BCUT2D eigenvalue weighted by molar-refractivity contribution is 0.0522. The first-order chi connectivity index (χ1) is 10.6. The van der Waals surface area contributed by atoms with Crippen molar-refractivity contribution in [2.24, 2.45) is 4.99 Å². The third kappa shape index (κ3) is 6.11. The Hall–Kier alpha value is -0.540. The van der Waals surface area contributed by atoms with Crippen molar-refractivity contribution in [3.63, 3.8) is 0 Å². The lowest BCUT2D eigenvalue weighted by Gasteiger charge is -2.24. The van der Waals surface area contributed by atoms with E-state index in [0.717, 1.165) is 36.1 Å². The molecule has 7 heteroatoms. The van der Waals surface area contributed by atoms with Crippen molar-refractivity contribution >= 4 is 41.7 Å². The third-order valence-electron chi connectivity index (χ3n) is 4.03. The zero-order chi connectivity index (χ0) is 16.0. The van der Waals surface area contributed by atoms with Gasteiger partial charge in [-0.1, -0.05) is 12.8 Å². The highest BCUT2D eigenvalue weighted by atomic mass is 127. The summed E-state index contributed by atoms with van der Waals surface area (Å²) in [5.74, 6) is 0.384. The molecular weight excluding hydrogens is 428 g/mol. The number of aliphatic hydroxyl groups is 1. The van der Waals surface area contributed by atoms with Crippen LogP contribution in [0.4, 0.5) is 4.39 Å². The van der Waals surface area contributed by atoms with Gasteiger partial charge in [0.15, 0.2) is 5.96 Å². The molecule has 0 unspecified atom stereocenters. The van der Waals surface area contributed by atoms with Crippen LogP contribution in [0, 0.1) is 5.82 Å². The highest BCUT2D eigenvalue weighted by Gasteiger charge is 2.30. The summed E-state index contributed by atoms with van der Waals surface area (Å²) in [5, 5.41) is 16.7. The molecule has 1 aromatic carbocycles. The highest BCUT2D eigenvalue weighted by molar-refractivity contribution is 14.0. The van der Waals surface area contributed by atoms with Crippen LogP contribution in [0.2, 0.25) is 0 Å². The van der Waals surface area contributed by atoms with E-state index >= 15 is 0 Å². The Morgan fingerprint density at radius 2 is 2.04 bits per heavy atom. The van der Waals surface area contributed by atoms with Gasteiger partial charge in [-0.15, -0.1) is 35.7 Å². The molecule has 0 saturated heterocycles. The fourth-order valence-electron chi connectivity index (χ4n) is 2.74. The Bertz CT molecular complexity index is 536. The minimum Gasteiger partial charge on any atom is -0.388 e. The van der Waals surface area contributed by atoms with Crippen LogP contribution in [0.25, 0.3) is 0 Å². The van der Waals surface area contributed by atoms with E-state index in [1.165, 1.54) is 12.1 Å². The van der Waals surface area contributed by atoms with Crippen LogP contribution >= 0.6 is 35.7 Å². The normalized spacial score (nSPS) is 16.8. The number of thioether (sulfide) groups is 1. The standard InChI is InChI=1S/C16H24FN3OS.HI/c1-18-15(20-11-16(21)7-3-4-8-16)19-10-12-9-13(17)5-6-14(12)22-2;/h5-6,9,21H,3-4,7-8,10-11H2,1-2H3,(H2,18,19,20);1H. The van der Waals surface area contributed by atoms with Crippen LogP contribution in [0.1, 0.15) is 31.2 Å². The maximum atomic E-state index is 13.4. The molecule has 0 atom stereocenters. The van der Waals surface area contributed by atoms with E-state index in [2.05, 4.69) is 15.6 Å². The molecule has 1 aliphatic carbocycles. The average Bonchev–Trinajstić information content (AvgIpc) is 2.95. The van der Waals surface area contributed by atoms with Crippen molar-refractivity contribution in [1.82, 2.24) is 10.6 Å². The van der Waals surface area contributed by atoms with E-state index < -0.39 is 5.60 Å². The Morgan fingerprint density at radius 3 is 2.65 bits per heavy atom. The molecule has 0 bridgehead atoms. The number of guanidine groups is 1. The van der Waals surface area contributed by atoms with Crippen molar-refractivity contribution in [2.45, 2.75) is 42.7 Å². The van der Waals surface area contributed by atoms with Gasteiger partial charge in [-0.25, -0.2) is 4.39 Å². The summed E-state index contributed by atoms with van der Waals surface area (Å²) in [6, 6.07) is 4.79. The highest BCUT2D eigenvalue weighted by Crippen LogP contribution is 2.28. The quantitative estimate of drug-likeness (QED) is 0.278. The summed E-state index contributed by atoms with van der Waals surface area (Å²) < 4.78 is 13.4. The second-order valence-corrected chi connectivity index (χ2v) is 6.52. The van der Waals surface area contributed by atoms with Gasteiger partial charge in [0.05, 0.1) is 5.60 Å². The molecule has 0 spiro atoms. The maximum Gasteiger partial charge on any atom is 0.191 e. The van der Waals surface area contributed by atoms with Crippen molar-refractivity contribution in [3.8, 4) is 0 Å². The van der Waals surface area contributed by atoms with Gasteiger partial charge < -0.3 is 15.7 Å². The fourth-order valence-corrected chi connectivity index (χ4v) is 3.34. The first-order valence-corrected chi connectivity index (χ1v) is 8.78. The van der Waals surface area contributed by atoms with Gasteiger partial charge in [0.1, 0.15) is 5.82 Å². The van der Waals surface area contributed by atoms with E-state index in [-0.39, 0.29) is 29.8 Å². The smallest absolute Gasteiger partial charge is 0.191 e. The molecule has 130 valence electrons. The van der Waals surface area contributed by atoms with Crippen LogP contribution in [0.15, 0.2) is 28.1 Å². The van der Waals surface area contributed by atoms with Crippen LogP contribution in [0.3, 0.4) is 0 Å². The van der Waals surface area contributed by atoms with Crippen LogP contribution in [0.5, 0.6) is 0 Å². The van der Waals surface area contributed by atoms with Gasteiger partial charge in [-0.05, 0) is 42.9 Å². The number of aliphatic imine (C=N–C) groups is 1. The molecule has 1 aliphatic rings. The number of hydrogen-bond donors (Lipinski definition) is 3. The van der Waals surface area contributed by atoms with Crippen LogP contribution < -0.4 is 10.6 Å². The first-order valence-electron chi connectivity index (χ1n) is 7.56. The van der Waals surface area contributed by atoms with Crippen molar-refractivity contribution < 1.29 is 9.50 Å². The predicted octanol–water partition coefficient (Wildman–Crippen LogP) is 3.14. The van der Waals surface area contributed by atoms with Crippen LogP contribution in [-0.4, -0.2) is 36.5 Å². The van der Waals surface area contributed by atoms with Gasteiger partial charge in [-0.3, -0.25) is 4.99 Å². The Morgan fingerprint density at radius 1 is 1.35 bits per heavy atom. The molecule has 4 nitrogen and oxygen atoms in total. The molecule has 0 heterocycles. The Kier molecular flexibility index (Phi) is 8.63. The molecule has 0 aliphatic heterocycles. The van der Waals surface area contributed by atoms with Gasteiger partial charge in [0.2, 0.25) is 0 Å². The Labute approximate surface area is 158 Å². The molecular formula is C16H25FIN3OS. The molecule has 2 rings (SSSR count). The van der Waals surface area contributed by atoms with E-state index in [1.807, 2.05) is 6.26 Å². The van der Waals surface area contributed by atoms with Gasteiger partial charge in [0, 0.05) is 25.0 Å². The summed E-state index contributed by atoms with van der Waals surface area (Å²) in [6.45, 7) is 0.983. The zero-order valence-corrected chi connectivity index (χ0v) is 16.7. The summed E-state index contributed by atoms with van der Waals surface area (Å²) in [7, 11) is 1.69. The first kappa shape index (κ1) is 20.5. The SMILES string of the molecule is CN=C(NCc1cc(F)ccc1SC)NCC1(O)CCCC1.I. The van der Waals surface area contributed by atoms with E-state index in [1.54, 1.807) is 24.9 Å². The van der Waals surface area contributed by atoms with Gasteiger partial charge in [0.25, 0.3) is 0 Å². The van der Waals surface area contributed by atoms with E-state index in [4.69, 9.17) is 0 Å². The monoisotopic (exact) mass is 453 g/mol. The average molecular weight is 453 g/mol. The van der Waals surface area contributed by atoms with Crippen molar-refractivity contribution in [3.05, 3.63) is 29.6 Å². The summed E-state index contributed by atoms with van der Waals surface area (Å²) >= 11 is 1.59. The maximum absolute atomic E-state index is 13.4. The minimum absolute atomic E-state index is 0. The fraction of sp³-hybridized carbons (Fsp3) is 0.562. The zero-order valence-electron chi connectivity index (χ0n) is 13.6. The molecule has 1 fully saturated rings. The molecule has 1 saturated carbocycles. The molecule has 0 radical (unpaired) electrons. The number of halogens is 2. The topological polar surface area (TPSA) is 56.7 Å². The van der Waals surface area contributed by atoms with E-state index in [9.17, 15) is 9.50 Å². The molecule has 23 heavy (non-hydrogen) atoms. The number of hydrogen-bond acceptors (Lipinski definition) is 3. The lowest BCUT2D eigenvalue weighted by Crippen LogP contribution is -2.45. The second-order valence-electron chi connectivity index (χ2n) is 5.67. The van der Waals surface area contributed by atoms with Gasteiger partial charge in [-0.2, -0.15) is 0 Å². The number of rotatable bonds is 5. The number of nitrogens with zero attached hydrogens (tertiary/aromatic N) is 1. The lowest BCUT2D eigenvalue weighted by atomic mass is 10.0. The van der Waals surface area contributed by atoms with Gasteiger partial charge >= 0.3 is 0 Å². The summed E-state index contributed by atoms with van der Waals surface area (Å²) in [4.78, 5) is 5.20. The predicted molar refractivity (Wildman–Crippen MR) is 105 cm³/mol. The summed E-state index contributed by atoms with van der Waals surface area (Å²) in [5.41, 5.74) is 0.274. The molecule has 1 aromatic rings. The van der Waals surface area contributed by atoms with Crippen LogP contribution in [-0.2, 0) is 6.54 Å². The molecule has 0 amide bonds. The number of nitrogens with one attached hydrogen (secondary N) is 2. The summed E-state index contributed by atoms with van der Waals surface area (Å²) in [6.07, 6.45) is 5.78.